The van der Waals surface area contributed by atoms with E-state index in [1.54, 1.807) is 31.3 Å². The predicted octanol–water partition coefficient (Wildman–Crippen LogP) is 4.19. The van der Waals surface area contributed by atoms with E-state index in [1.165, 1.54) is 29.8 Å². The van der Waals surface area contributed by atoms with Crippen LogP contribution in [0.15, 0.2) is 36.7 Å². The summed E-state index contributed by atoms with van der Waals surface area (Å²) in [5.41, 5.74) is 2.99. The second-order valence-electron chi connectivity index (χ2n) is 6.99. The van der Waals surface area contributed by atoms with Gasteiger partial charge in [-0.15, -0.1) is 0 Å². The van der Waals surface area contributed by atoms with Crippen LogP contribution < -0.4 is 5.32 Å². The lowest BCUT2D eigenvalue weighted by atomic mass is 10.2. The van der Waals surface area contributed by atoms with Crippen molar-refractivity contribution < 1.29 is 9.18 Å². The van der Waals surface area contributed by atoms with E-state index in [4.69, 9.17) is 0 Å². The first-order chi connectivity index (χ1) is 13.1. The van der Waals surface area contributed by atoms with Crippen molar-refractivity contribution >= 4 is 11.6 Å². The van der Waals surface area contributed by atoms with Crippen molar-refractivity contribution in [3.63, 3.8) is 0 Å². The van der Waals surface area contributed by atoms with Crippen molar-refractivity contribution in [2.75, 3.05) is 5.32 Å². The van der Waals surface area contributed by atoms with Gasteiger partial charge in [-0.3, -0.25) is 9.48 Å². The fourth-order valence-electron chi connectivity index (χ4n) is 3.75. The van der Waals surface area contributed by atoms with Gasteiger partial charge >= 0.3 is 0 Å². The topological polar surface area (TPSA) is 64.7 Å². The van der Waals surface area contributed by atoms with E-state index in [1.807, 2.05) is 11.6 Å². The van der Waals surface area contributed by atoms with Gasteiger partial charge in [0.2, 0.25) is 0 Å². The van der Waals surface area contributed by atoms with E-state index in [0.29, 0.717) is 28.7 Å². The van der Waals surface area contributed by atoms with Crippen LogP contribution in [0, 0.1) is 19.7 Å². The summed E-state index contributed by atoms with van der Waals surface area (Å²) in [5.74, 6) is -0.594. The molecule has 3 aromatic rings. The zero-order valence-electron chi connectivity index (χ0n) is 15.4. The monoisotopic (exact) mass is 367 g/mol. The maximum Gasteiger partial charge on any atom is 0.259 e. The first-order valence-electron chi connectivity index (χ1n) is 9.21. The molecule has 1 saturated carbocycles. The lowest BCUT2D eigenvalue weighted by Crippen LogP contribution is -2.15. The van der Waals surface area contributed by atoms with Crippen LogP contribution in [0.4, 0.5) is 10.1 Å². The van der Waals surface area contributed by atoms with E-state index in [9.17, 15) is 9.18 Å². The lowest BCUT2D eigenvalue weighted by Gasteiger charge is -2.12. The molecule has 6 nitrogen and oxygen atoms in total. The van der Waals surface area contributed by atoms with Crippen LogP contribution in [-0.4, -0.2) is 25.5 Å². The Balaban J connectivity index is 1.57. The summed E-state index contributed by atoms with van der Waals surface area (Å²) in [5, 5.41) is 11.5. The normalized spacial score (nSPS) is 14.6. The molecule has 0 atom stereocenters. The van der Waals surface area contributed by atoms with E-state index in [0.717, 1.165) is 18.5 Å². The highest BCUT2D eigenvalue weighted by atomic mass is 19.1. The molecule has 0 unspecified atom stereocenters. The molecule has 7 heteroatoms. The maximum absolute atomic E-state index is 14.0. The van der Waals surface area contributed by atoms with E-state index >= 15 is 0 Å². The Labute approximate surface area is 157 Å². The molecule has 0 radical (unpaired) electrons. The molecular weight excluding hydrogens is 345 g/mol. The number of aromatic nitrogens is 4. The minimum absolute atomic E-state index is 0.229. The standard InChI is InChI=1S/C20H22FN5O/c1-13-16(11-22-25(13)15-7-3-4-8-15)20(27)24-18-12-23-26(14(18)2)19-10-6-5-9-17(19)21/h5-6,9-12,15H,3-4,7-8H2,1-2H3,(H,24,27). The van der Waals surface area contributed by atoms with Crippen molar-refractivity contribution in [2.24, 2.45) is 0 Å². The van der Waals surface area contributed by atoms with Gasteiger partial charge in [0.05, 0.1) is 35.4 Å². The third-order valence-electron chi connectivity index (χ3n) is 5.30. The van der Waals surface area contributed by atoms with Gasteiger partial charge in [0.25, 0.3) is 5.91 Å². The molecule has 1 aromatic carbocycles. The van der Waals surface area contributed by atoms with Gasteiger partial charge in [-0.25, -0.2) is 9.07 Å². The molecule has 0 spiro atoms. The Morgan fingerprint density at radius 1 is 1.11 bits per heavy atom. The smallest absolute Gasteiger partial charge is 0.259 e. The van der Waals surface area contributed by atoms with Gasteiger partial charge < -0.3 is 5.32 Å². The second-order valence-corrected chi connectivity index (χ2v) is 6.99. The molecule has 0 bridgehead atoms. The summed E-state index contributed by atoms with van der Waals surface area (Å²) >= 11 is 0. The van der Waals surface area contributed by atoms with Gasteiger partial charge in [0, 0.05) is 5.69 Å². The number of nitrogens with one attached hydrogen (secondary N) is 1. The van der Waals surface area contributed by atoms with Crippen LogP contribution in [0.2, 0.25) is 0 Å². The van der Waals surface area contributed by atoms with Crippen LogP contribution in [0.5, 0.6) is 0 Å². The fraction of sp³-hybridized carbons (Fsp3) is 0.350. The summed E-state index contributed by atoms with van der Waals surface area (Å²) in [6.07, 6.45) is 7.80. The third-order valence-corrected chi connectivity index (χ3v) is 5.30. The van der Waals surface area contributed by atoms with E-state index in [-0.39, 0.29) is 11.7 Å². The number of hydrogen-bond donors (Lipinski definition) is 1. The summed E-state index contributed by atoms with van der Waals surface area (Å²) in [6, 6.07) is 6.80. The average Bonchev–Trinajstić information content (AvgIpc) is 3.37. The minimum Gasteiger partial charge on any atom is -0.319 e. The van der Waals surface area contributed by atoms with Crippen LogP contribution in [0.25, 0.3) is 5.69 Å². The van der Waals surface area contributed by atoms with Gasteiger partial charge in [-0.2, -0.15) is 10.2 Å². The van der Waals surface area contributed by atoms with E-state index in [2.05, 4.69) is 15.5 Å². The van der Waals surface area contributed by atoms with Crippen LogP contribution >= 0.6 is 0 Å². The number of benzene rings is 1. The van der Waals surface area contributed by atoms with Crippen LogP contribution in [0.1, 0.15) is 53.5 Å². The molecule has 1 amide bonds. The Bertz CT molecular complexity index is 984. The summed E-state index contributed by atoms with van der Waals surface area (Å²) in [6.45, 7) is 3.72. The molecule has 1 aliphatic carbocycles. The van der Waals surface area contributed by atoms with Gasteiger partial charge in [-0.1, -0.05) is 25.0 Å². The molecule has 1 fully saturated rings. The molecule has 2 heterocycles. The number of para-hydroxylation sites is 1. The van der Waals surface area contributed by atoms with Crippen molar-refractivity contribution in [1.82, 2.24) is 19.6 Å². The number of halogens is 1. The Morgan fingerprint density at radius 3 is 2.59 bits per heavy atom. The van der Waals surface area contributed by atoms with Crippen LogP contribution in [-0.2, 0) is 0 Å². The lowest BCUT2D eigenvalue weighted by molar-refractivity contribution is 0.102. The molecule has 1 N–H and O–H groups in total. The number of amides is 1. The molecular formula is C20H22FN5O. The highest BCUT2D eigenvalue weighted by Crippen LogP contribution is 2.30. The predicted molar refractivity (Wildman–Crippen MR) is 101 cm³/mol. The van der Waals surface area contributed by atoms with Crippen molar-refractivity contribution in [3.05, 3.63) is 59.4 Å². The average molecular weight is 367 g/mol. The zero-order valence-corrected chi connectivity index (χ0v) is 15.4. The highest BCUT2D eigenvalue weighted by molar-refractivity contribution is 6.05. The molecule has 140 valence electrons. The number of anilines is 1. The first kappa shape index (κ1) is 17.5. The maximum atomic E-state index is 14.0. The quantitative estimate of drug-likeness (QED) is 0.752. The highest BCUT2D eigenvalue weighted by Gasteiger charge is 2.23. The van der Waals surface area contributed by atoms with E-state index < -0.39 is 0 Å². The van der Waals surface area contributed by atoms with Gasteiger partial charge in [0.15, 0.2) is 0 Å². The van der Waals surface area contributed by atoms with Crippen molar-refractivity contribution in [3.8, 4) is 5.69 Å². The molecule has 0 aliphatic heterocycles. The van der Waals surface area contributed by atoms with Gasteiger partial charge in [0.1, 0.15) is 11.5 Å². The van der Waals surface area contributed by atoms with Crippen molar-refractivity contribution in [2.45, 2.75) is 45.6 Å². The number of nitrogens with zero attached hydrogens (tertiary/aromatic N) is 4. The third kappa shape index (κ3) is 3.13. The van der Waals surface area contributed by atoms with Crippen molar-refractivity contribution in [1.29, 1.82) is 0 Å². The molecule has 4 rings (SSSR count). The molecule has 27 heavy (non-hydrogen) atoms. The molecule has 0 saturated heterocycles. The summed E-state index contributed by atoms with van der Waals surface area (Å²) < 4.78 is 17.5. The Kier molecular flexibility index (Phi) is 4.51. The Morgan fingerprint density at radius 2 is 1.85 bits per heavy atom. The molecule has 1 aliphatic rings. The minimum atomic E-state index is -0.365. The second kappa shape index (κ2) is 6.98. The fourth-order valence-corrected chi connectivity index (χ4v) is 3.75. The summed E-state index contributed by atoms with van der Waals surface area (Å²) in [4.78, 5) is 12.8. The zero-order chi connectivity index (χ0) is 19.0. The number of hydrogen-bond acceptors (Lipinski definition) is 3. The van der Waals surface area contributed by atoms with Gasteiger partial charge in [-0.05, 0) is 38.8 Å². The SMILES string of the molecule is Cc1c(NC(=O)c2cnn(C3CCCC3)c2C)cnn1-c1ccccc1F. The summed E-state index contributed by atoms with van der Waals surface area (Å²) in [7, 11) is 0. The first-order valence-corrected chi connectivity index (χ1v) is 9.21. The van der Waals surface area contributed by atoms with Crippen LogP contribution in [0.3, 0.4) is 0 Å². The molecule has 2 aromatic heterocycles. The number of carbonyl (C=O) groups excluding carboxylic acids is 1. The Hall–Kier alpha value is -2.96. The number of rotatable bonds is 4. The largest absolute Gasteiger partial charge is 0.319 e. The number of carbonyl (C=O) groups is 1.